The molecule has 0 aromatic heterocycles. The van der Waals surface area contributed by atoms with E-state index in [1.807, 2.05) is 0 Å². The summed E-state index contributed by atoms with van der Waals surface area (Å²) in [5, 5.41) is 9.57. The second-order valence-electron chi connectivity index (χ2n) is 14.9. The van der Waals surface area contributed by atoms with Gasteiger partial charge in [-0.25, -0.2) is 0 Å². The van der Waals surface area contributed by atoms with E-state index in [1.54, 1.807) is 0 Å². The van der Waals surface area contributed by atoms with Gasteiger partial charge in [0.1, 0.15) is 11.9 Å². The first-order valence-electron chi connectivity index (χ1n) is 21.6. The Kier molecular flexibility index (Phi) is 38.1. The molecule has 0 saturated carbocycles. The van der Waals surface area contributed by atoms with Gasteiger partial charge in [0, 0.05) is 25.8 Å². The lowest BCUT2D eigenvalue weighted by atomic mass is 10.0. The number of ketones is 1. The highest BCUT2D eigenvalue weighted by atomic mass is 16.5. The van der Waals surface area contributed by atoms with Gasteiger partial charge in [-0.2, -0.15) is 0 Å². The van der Waals surface area contributed by atoms with Crippen molar-refractivity contribution in [2.45, 2.75) is 239 Å². The van der Waals surface area contributed by atoms with E-state index in [-0.39, 0.29) is 18.7 Å². The molecular formula is C43H85NO4. The average molecular weight is 680 g/mol. The highest BCUT2D eigenvalue weighted by Gasteiger charge is 2.15. The van der Waals surface area contributed by atoms with Gasteiger partial charge in [0.05, 0.1) is 6.61 Å². The molecule has 0 aromatic rings. The summed E-state index contributed by atoms with van der Waals surface area (Å²) < 4.78 is 6.03. The van der Waals surface area contributed by atoms with Gasteiger partial charge in [0.15, 0.2) is 0 Å². The molecule has 5 heteroatoms. The lowest BCUT2D eigenvalue weighted by Crippen LogP contribution is -2.29. The fourth-order valence-corrected chi connectivity index (χ4v) is 6.84. The summed E-state index contributed by atoms with van der Waals surface area (Å²) in [5.74, 6) is 0.471. The minimum Gasteiger partial charge on any atom is -0.462 e. The second kappa shape index (κ2) is 38.9. The molecule has 0 amide bonds. The minimum absolute atomic E-state index is 0.00561. The normalized spacial score (nSPS) is 11.6. The Bertz CT molecular complexity index is 653. The van der Waals surface area contributed by atoms with E-state index < -0.39 is 0 Å². The fourth-order valence-electron chi connectivity index (χ4n) is 6.84. The second-order valence-corrected chi connectivity index (χ2v) is 14.9. The van der Waals surface area contributed by atoms with Gasteiger partial charge in [0.25, 0.3) is 0 Å². The largest absolute Gasteiger partial charge is 0.462 e. The number of aliphatic hydroxyl groups excluding tert-OH is 1. The number of hydrogen-bond donors (Lipinski definition) is 1. The van der Waals surface area contributed by atoms with E-state index in [4.69, 9.17) is 4.74 Å². The summed E-state index contributed by atoms with van der Waals surface area (Å²) in [6, 6.07) is 0. The van der Waals surface area contributed by atoms with Crippen LogP contribution in [0.15, 0.2) is 0 Å². The van der Waals surface area contributed by atoms with Crippen molar-refractivity contribution >= 4 is 11.8 Å². The van der Waals surface area contributed by atoms with Crippen LogP contribution in [0.1, 0.15) is 233 Å². The van der Waals surface area contributed by atoms with Gasteiger partial charge < -0.3 is 14.7 Å². The van der Waals surface area contributed by atoms with Crippen LogP contribution in [-0.2, 0) is 14.3 Å². The molecule has 0 heterocycles. The summed E-state index contributed by atoms with van der Waals surface area (Å²) in [6.07, 6.45) is 38.9. The predicted molar refractivity (Wildman–Crippen MR) is 208 cm³/mol. The summed E-state index contributed by atoms with van der Waals surface area (Å²) in [4.78, 5) is 27.1. The van der Waals surface area contributed by atoms with Crippen LogP contribution in [0.5, 0.6) is 0 Å². The summed E-state index contributed by atoms with van der Waals surface area (Å²) in [6.45, 7) is 9.66. The van der Waals surface area contributed by atoms with E-state index in [0.29, 0.717) is 12.2 Å². The van der Waals surface area contributed by atoms with Crippen molar-refractivity contribution in [3.8, 4) is 0 Å². The third kappa shape index (κ3) is 34.9. The molecule has 0 unspecified atom stereocenters. The van der Waals surface area contributed by atoms with Crippen molar-refractivity contribution in [2.75, 3.05) is 26.2 Å². The Morgan fingerprint density at radius 3 is 1.27 bits per heavy atom. The van der Waals surface area contributed by atoms with Crippen LogP contribution in [-0.4, -0.2) is 54.1 Å². The zero-order chi connectivity index (χ0) is 35.2. The van der Waals surface area contributed by atoms with Gasteiger partial charge >= 0.3 is 5.97 Å². The number of nitrogens with zero attached hydrogens (tertiary/aromatic N) is 1. The summed E-state index contributed by atoms with van der Waals surface area (Å²) in [7, 11) is 0. The SMILES string of the molecule is CCCCCCCCC(CCCCCCCC)OC(=O)CCCCN(CCO)CCCCCCCCCCCCC(=O)CCCCCC. The number of aliphatic hydroxyl groups is 1. The van der Waals surface area contributed by atoms with Crippen molar-refractivity contribution in [1.29, 1.82) is 0 Å². The standard InChI is InChI=1S/C43H85NO4/c1-4-7-10-13-22-27-34-42(35-28-23-14-11-8-5-2)48-43(47)36-29-31-38-44(39-40-45)37-30-24-20-18-16-15-17-19-21-26-33-41(46)32-25-12-9-6-3/h42,45H,4-40H2,1-3H3. The monoisotopic (exact) mass is 680 g/mol. The Hall–Kier alpha value is -0.940. The molecule has 0 aliphatic heterocycles. The Morgan fingerprint density at radius 1 is 0.458 bits per heavy atom. The van der Waals surface area contributed by atoms with Gasteiger partial charge in [-0.15, -0.1) is 0 Å². The first-order valence-corrected chi connectivity index (χ1v) is 21.6. The zero-order valence-electron chi connectivity index (χ0n) is 32.9. The van der Waals surface area contributed by atoms with Crippen LogP contribution >= 0.6 is 0 Å². The van der Waals surface area contributed by atoms with E-state index in [9.17, 15) is 14.7 Å². The quantitative estimate of drug-likeness (QED) is 0.0516. The maximum Gasteiger partial charge on any atom is 0.306 e. The fraction of sp³-hybridized carbons (Fsp3) is 0.953. The lowest BCUT2D eigenvalue weighted by Gasteiger charge is -2.21. The molecule has 0 fully saturated rings. The Morgan fingerprint density at radius 2 is 0.812 bits per heavy atom. The van der Waals surface area contributed by atoms with Crippen LogP contribution < -0.4 is 0 Å². The van der Waals surface area contributed by atoms with Crippen molar-refractivity contribution in [3.05, 3.63) is 0 Å². The molecular weight excluding hydrogens is 594 g/mol. The molecule has 0 aliphatic carbocycles. The third-order valence-corrected chi connectivity index (χ3v) is 10.1. The van der Waals surface area contributed by atoms with Gasteiger partial charge in [-0.3, -0.25) is 9.59 Å². The highest BCUT2D eigenvalue weighted by molar-refractivity contribution is 5.78. The van der Waals surface area contributed by atoms with E-state index in [2.05, 4.69) is 25.7 Å². The number of esters is 1. The molecule has 0 rings (SSSR count). The van der Waals surface area contributed by atoms with Crippen LogP contribution in [0.25, 0.3) is 0 Å². The predicted octanol–water partition coefficient (Wildman–Crippen LogP) is 12.7. The zero-order valence-corrected chi connectivity index (χ0v) is 32.9. The van der Waals surface area contributed by atoms with Gasteiger partial charge in [-0.05, 0) is 70.9 Å². The van der Waals surface area contributed by atoms with Crippen LogP contribution in [0.4, 0.5) is 0 Å². The number of hydrogen-bond acceptors (Lipinski definition) is 5. The third-order valence-electron chi connectivity index (χ3n) is 10.1. The molecule has 0 atom stereocenters. The maximum absolute atomic E-state index is 12.7. The summed E-state index contributed by atoms with van der Waals surface area (Å²) >= 11 is 0. The molecule has 0 bridgehead atoms. The van der Waals surface area contributed by atoms with E-state index >= 15 is 0 Å². The lowest BCUT2D eigenvalue weighted by molar-refractivity contribution is -0.150. The number of carbonyl (C=O) groups is 2. The molecule has 0 spiro atoms. The van der Waals surface area contributed by atoms with Crippen LogP contribution in [0.2, 0.25) is 0 Å². The molecule has 1 N–H and O–H groups in total. The molecule has 5 nitrogen and oxygen atoms in total. The van der Waals surface area contributed by atoms with Crippen molar-refractivity contribution in [2.24, 2.45) is 0 Å². The van der Waals surface area contributed by atoms with Crippen LogP contribution in [0.3, 0.4) is 0 Å². The van der Waals surface area contributed by atoms with Crippen LogP contribution in [0, 0.1) is 0 Å². The average Bonchev–Trinajstić information content (AvgIpc) is 3.08. The molecule has 0 aliphatic rings. The van der Waals surface area contributed by atoms with E-state index in [1.165, 1.54) is 154 Å². The molecule has 48 heavy (non-hydrogen) atoms. The minimum atomic E-state index is -0.00561. The first kappa shape index (κ1) is 47.1. The number of Topliss-reactive ketones (excluding diaryl/α,β-unsaturated/α-hetero) is 1. The summed E-state index contributed by atoms with van der Waals surface area (Å²) in [5.41, 5.74) is 0. The molecule has 0 saturated heterocycles. The molecule has 0 radical (unpaired) electrons. The van der Waals surface area contributed by atoms with Crippen molar-refractivity contribution in [3.63, 3.8) is 0 Å². The number of carbonyl (C=O) groups excluding carboxylic acids is 2. The van der Waals surface area contributed by atoms with Crippen molar-refractivity contribution in [1.82, 2.24) is 4.90 Å². The van der Waals surface area contributed by atoms with Gasteiger partial charge in [0.2, 0.25) is 0 Å². The maximum atomic E-state index is 12.7. The first-order chi connectivity index (χ1) is 23.6. The van der Waals surface area contributed by atoms with E-state index in [0.717, 1.165) is 71.0 Å². The topological polar surface area (TPSA) is 66.8 Å². The highest BCUT2D eigenvalue weighted by Crippen LogP contribution is 2.18. The molecule has 0 aromatic carbocycles. The van der Waals surface area contributed by atoms with Gasteiger partial charge in [-0.1, -0.05) is 156 Å². The Labute approximate surface area is 300 Å². The number of rotatable bonds is 40. The Balaban J connectivity index is 3.98. The smallest absolute Gasteiger partial charge is 0.306 e. The number of unbranched alkanes of at least 4 members (excludes halogenated alkanes) is 23. The molecule has 286 valence electrons. The van der Waals surface area contributed by atoms with Crippen molar-refractivity contribution < 1.29 is 19.4 Å². The number of ether oxygens (including phenoxy) is 1.